The van der Waals surface area contributed by atoms with Crippen LogP contribution in [0.25, 0.3) is 0 Å². The van der Waals surface area contributed by atoms with Crippen LogP contribution in [0.1, 0.15) is 22.8 Å². The van der Waals surface area contributed by atoms with E-state index in [1.165, 1.54) is 0 Å². The van der Waals surface area contributed by atoms with Crippen LogP contribution >= 0.6 is 15.9 Å². The van der Waals surface area contributed by atoms with Gasteiger partial charge in [-0.2, -0.15) is 5.10 Å². The summed E-state index contributed by atoms with van der Waals surface area (Å²) in [5.74, 6) is -0.153. The van der Waals surface area contributed by atoms with E-state index in [9.17, 15) is 4.79 Å². The van der Waals surface area contributed by atoms with E-state index in [0.717, 1.165) is 17.5 Å². The third-order valence-corrected chi connectivity index (χ3v) is 3.95. The van der Waals surface area contributed by atoms with Gasteiger partial charge in [0.15, 0.2) is 0 Å². The number of amides is 1. The minimum absolute atomic E-state index is 0.153. The van der Waals surface area contributed by atoms with E-state index in [-0.39, 0.29) is 11.9 Å². The average molecular weight is 336 g/mol. The summed E-state index contributed by atoms with van der Waals surface area (Å²) in [5.41, 5.74) is 1.29. The number of ether oxygens (including phenoxy) is 1. The second-order valence-corrected chi connectivity index (χ2v) is 5.51. The number of nitrogens with zero attached hydrogens (tertiary/aromatic N) is 2. The Balaban J connectivity index is 1.72. The lowest BCUT2D eigenvalue weighted by Crippen LogP contribution is -2.12. The standard InChI is InChI=1S/C14H14BrN3O2/c15-13-4-2-1-3-12(13)14(19)17-10-7-16-18(8-10)11-5-6-20-9-11/h1-4,7-8,11H,5-6,9H2,(H,17,19)/t11-/m1/s1. The number of nitrogens with one attached hydrogen (secondary N) is 1. The Morgan fingerprint density at radius 3 is 3.05 bits per heavy atom. The van der Waals surface area contributed by atoms with Crippen molar-refractivity contribution in [3.63, 3.8) is 0 Å². The molecule has 0 bridgehead atoms. The fourth-order valence-electron chi connectivity index (χ4n) is 2.18. The lowest BCUT2D eigenvalue weighted by molar-refractivity contribution is 0.102. The quantitative estimate of drug-likeness (QED) is 0.938. The predicted octanol–water partition coefficient (Wildman–Crippen LogP) is 2.86. The van der Waals surface area contributed by atoms with E-state index < -0.39 is 0 Å². The highest BCUT2D eigenvalue weighted by atomic mass is 79.9. The van der Waals surface area contributed by atoms with Gasteiger partial charge < -0.3 is 10.1 Å². The maximum atomic E-state index is 12.2. The zero-order chi connectivity index (χ0) is 13.9. The molecule has 1 aliphatic rings. The number of halogens is 1. The summed E-state index contributed by atoms with van der Waals surface area (Å²) in [6, 6.07) is 7.59. The Kier molecular flexibility index (Phi) is 3.84. The van der Waals surface area contributed by atoms with Gasteiger partial charge in [-0.15, -0.1) is 0 Å². The molecule has 5 nitrogen and oxygen atoms in total. The lowest BCUT2D eigenvalue weighted by atomic mass is 10.2. The van der Waals surface area contributed by atoms with Crippen LogP contribution in [0.3, 0.4) is 0 Å². The number of carbonyl (C=O) groups is 1. The molecule has 1 aliphatic heterocycles. The molecule has 1 fully saturated rings. The molecule has 1 N–H and O–H groups in total. The molecule has 1 aromatic heterocycles. The van der Waals surface area contributed by atoms with Gasteiger partial charge in [0.05, 0.1) is 30.1 Å². The van der Waals surface area contributed by atoms with Crippen molar-refractivity contribution in [3.8, 4) is 0 Å². The Morgan fingerprint density at radius 1 is 1.45 bits per heavy atom. The summed E-state index contributed by atoms with van der Waals surface area (Å²) in [4.78, 5) is 12.2. The van der Waals surface area contributed by atoms with Gasteiger partial charge in [0.2, 0.25) is 0 Å². The molecule has 1 atom stereocenters. The summed E-state index contributed by atoms with van der Waals surface area (Å²) in [7, 11) is 0. The molecule has 0 aliphatic carbocycles. The van der Waals surface area contributed by atoms with Crippen molar-refractivity contribution in [2.75, 3.05) is 18.5 Å². The second kappa shape index (κ2) is 5.76. The molecule has 1 saturated heterocycles. The van der Waals surface area contributed by atoms with Crippen molar-refractivity contribution < 1.29 is 9.53 Å². The van der Waals surface area contributed by atoms with Gasteiger partial charge in [0, 0.05) is 17.3 Å². The molecule has 0 unspecified atom stereocenters. The fourth-order valence-corrected chi connectivity index (χ4v) is 2.64. The number of hydrogen-bond acceptors (Lipinski definition) is 3. The first-order chi connectivity index (χ1) is 9.74. The van der Waals surface area contributed by atoms with Crippen LogP contribution in [-0.2, 0) is 4.74 Å². The van der Waals surface area contributed by atoms with Crippen LogP contribution in [0.15, 0.2) is 41.1 Å². The van der Waals surface area contributed by atoms with E-state index in [4.69, 9.17) is 4.74 Å². The van der Waals surface area contributed by atoms with Crippen LogP contribution in [-0.4, -0.2) is 28.9 Å². The van der Waals surface area contributed by atoms with Crippen LogP contribution in [0, 0.1) is 0 Å². The summed E-state index contributed by atoms with van der Waals surface area (Å²) in [6.45, 7) is 1.45. The summed E-state index contributed by atoms with van der Waals surface area (Å²) >= 11 is 3.37. The van der Waals surface area contributed by atoms with Crippen molar-refractivity contribution >= 4 is 27.5 Å². The van der Waals surface area contributed by atoms with Crippen molar-refractivity contribution in [2.24, 2.45) is 0 Å². The number of benzene rings is 1. The van der Waals surface area contributed by atoms with Gasteiger partial charge in [-0.25, -0.2) is 0 Å². The number of rotatable bonds is 3. The van der Waals surface area contributed by atoms with E-state index in [2.05, 4.69) is 26.3 Å². The summed E-state index contributed by atoms with van der Waals surface area (Å²) in [6.07, 6.45) is 4.46. The Morgan fingerprint density at radius 2 is 2.30 bits per heavy atom. The van der Waals surface area contributed by atoms with Gasteiger partial charge >= 0.3 is 0 Å². The molecule has 0 spiro atoms. The van der Waals surface area contributed by atoms with Crippen molar-refractivity contribution in [1.82, 2.24) is 9.78 Å². The van der Waals surface area contributed by atoms with Crippen LogP contribution in [0.5, 0.6) is 0 Å². The molecule has 20 heavy (non-hydrogen) atoms. The second-order valence-electron chi connectivity index (χ2n) is 4.66. The van der Waals surface area contributed by atoms with Crippen molar-refractivity contribution in [3.05, 3.63) is 46.7 Å². The van der Waals surface area contributed by atoms with Crippen LogP contribution < -0.4 is 5.32 Å². The summed E-state index contributed by atoms with van der Waals surface area (Å²) in [5, 5.41) is 7.13. The van der Waals surface area contributed by atoms with Crippen molar-refractivity contribution in [1.29, 1.82) is 0 Å². The Hall–Kier alpha value is -1.66. The highest BCUT2D eigenvalue weighted by molar-refractivity contribution is 9.10. The monoisotopic (exact) mass is 335 g/mol. The summed E-state index contributed by atoms with van der Waals surface area (Å²) < 4.78 is 7.95. The van der Waals surface area contributed by atoms with Crippen LogP contribution in [0.2, 0.25) is 0 Å². The maximum absolute atomic E-state index is 12.2. The Labute approximate surface area is 125 Å². The number of carbonyl (C=O) groups excluding carboxylic acids is 1. The molecule has 2 heterocycles. The smallest absolute Gasteiger partial charge is 0.256 e. The lowest BCUT2D eigenvalue weighted by Gasteiger charge is -2.07. The van der Waals surface area contributed by atoms with E-state index in [1.54, 1.807) is 12.3 Å². The first kappa shape index (κ1) is 13.3. The first-order valence-electron chi connectivity index (χ1n) is 6.42. The van der Waals surface area contributed by atoms with Gasteiger partial charge in [-0.1, -0.05) is 12.1 Å². The molecule has 0 saturated carbocycles. The van der Waals surface area contributed by atoms with Gasteiger partial charge in [-0.3, -0.25) is 9.48 Å². The third kappa shape index (κ3) is 2.76. The van der Waals surface area contributed by atoms with Gasteiger partial charge in [0.1, 0.15) is 0 Å². The molecule has 3 rings (SSSR count). The number of anilines is 1. The minimum atomic E-state index is -0.153. The average Bonchev–Trinajstić information content (AvgIpc) is 3.09. The third-order valence-electron chi connectivity index (χ3n) is 3.26. The largest absolute Gasteiger partial charge is 0.379 e. The first-order valence-corrected chi connectivity index (χ1v) is 7.21. The maximum Gasteiger partial charge on any atom is 0.256 e. The zero-order valence-electron chi connectivity index (χ0n) is 10.8. The normalized spacial score (nSPS) is 18.1. The van der Waals surface area contributed by atoms with Gasteiger partial charge in [-0.05, 0) is 34.5 Å². The molecule has 1 amide bonds. The Bertz CT molecular complexity index is 620. The molecule has 1 aromatic carbocycles. The predicted molar refractivity (Wildman–Crippen MR) is 78.8 cm³/mol. The van der Waals surface area contributed by atoms with E-state index in [0.29, 0.717) is 17.9 Å². The van der Waals surface area contributed by atoms with Crippen LogP contribution in [0.4, 0.5) is 5.69 Å². The number of hydrogen-bond donors (Lipinski definition) is 1. The topological polar surface area (TPSA) is 56.2 Å². The van der Waals surface area contributed by atoms with Gasteiger partial charge in [0.25, 0.3) is 5.91 Å². The highest BCUT2D eigenvalue weighted by Crippen LogP contribution is 2.21. The number of aromatic nitrogens is 2. The minimum Gasteiger partial charge on any atom is -0.379 e. The van der Waals surface area contributed by atoms with E-state index >= 15 is 0 Å². The van der Waals surface area contributed by atoms with E-state index in [1.807, 2.05) is 29.1 Å². The van der Waals surface area contributed by atoms with Crippen molar-refractivity contribution in [2.45, 2.75) is 12.5 Å². The molecular weight excluding hydrogens is 322 g/mol. The fraction of sp³-hybridized carbons (Fsp3) is 0.286. The molecule has 104 valence electrons. The zero-order valence-corrected chi connectivity index (χ0v) is 12.3. The molecule has 0 radical (unpaired) electrons. The molecular formula is C14H14BrN3O2. The molecule has 2 aromatic rings. The SMILES string of the molecule is O=C(Nc1cnn([C@@H]2CCOC2)c1)c1ccccc1Br. The molecule has 6 heteroatoms. The highest BCUT2D eigenvalue weighted by Gasteiger charge is 2.19.